The highest BCUT2D eigenvalue weighted by atomic mass is 16.5. The summed E-state index contributed by atoms with van der Waals surface area (Å²) in [5, 5.41) is 17.0. The molecular weight excluding hydrogens is 252 g/mol. The van der Waals surface area contributed by atoms with E-state index in [0.29, 0.717) is 36.9 Å². The lowest BCUT2D eigenvalue weighted by Gasteiger charge is -2.53. The molecule has 0 heterocycles. The quantitative estimate of drug-likeness (QED) is 0.639. The first-order valence-corrected chi connectivity index (χ1v) is 7.64. The van der Waals surface area contributed by atoms with Crippen molar-refractivity contribution in [3.63, 3.8) is 0 Å². The third kappa shape index (κ3) is 3.72. The summed E-state index contributed by atoms with van der Waals surface area (Å²) in [4.78, 5) is 0. The second-order valence-electron chi connectivity index (χ2n) is 6.42. The largest absolute Gasteiger partial charge is 0.380 e. The zero-order valence-electron chi connectivity index (χ0n) is 12.2. The molecule has 0 saturated heterocycles. The zero-order valence-corrected chi connectivity index (χ0v) is 12.2. The maximum Gasteiger partial charge on any atom is 0.0645 e. The Hall–Kier alpha value is -1.10. The van der Waals surface area contributed by atoms with Crippen molar-refractivity contribution in [3.8, 4) is 12.1 Å². The Bertz CT molecular complexity index is 332. The molecule has 110 valence electrons. The molecule has 0 aliphatic heterocycles. The molecule has 3 aliphatic rings. The number of rotatable bonds is 8. The van der Waals surface area contributed by atoms with Gasteiger partial charge in [0.15, 0.2) is 0 Å². The lowest BCUT2D eigenvalue weighted by molar-refractivity contribution is -0.0928. The number of hydrogen-bond donors (Lipinski definition) is 0. The Kier molecular flexibility index (Phi) is 5.40. The van der Waals surface area contributed by atoms with Crippen LogP contribution in [0, 0.1) is 33.5 Å². The fourth-order valence-corrected chi connectivity index (χ4v) is 3.59. The van der Waals surface area contributed by atoms with Crippen LogP contribution < -0.4 is 0 Å². The first-order chi connectivity index (χ1) is 9.74. The number of ether oxygens (including phenoxy) is 2. The van der Waals surface area contributed by atoms with E-state index < -0.39 is 0 Å². The molecule has 0 radical (unpaired) electrons. The van der Waals surface area contributed by atoms with E-state index in [1.165, 1.54) is 38.5 Å². The molecular formula is C16H24N2O2. The van der Waals surface area contributed by atoms with Crippen molar-refractivity contribution in [2.45, 2.75) is 51.4 Å². The number of fused-ring (bicyclic) bond motifs is 3. The standard InChI is InChI=1S/C16H24N2O2/c17-9-1-11-19-13-15-3-6-16(7-4-15,8-5-15)14-20-12-2-10-18/h1-8,11-14H2. The molecule has 0 amide bonds. The molecule has 0 N–H and O–H groups in total. The maximum absolute atomic E-state index is 8.52. The molecule has 0 aromatic heterocycles. The highest BCUT2D eigenvalue weighted by Gasteiger charge is 2.48. The van der Waals surface area contributed by atoms with Crippen LogP contribution in [-0.2, 0) is 9.47 Å². The molecule has 0 spiro atoms. The summed E-state index contributed by atoms with van der Waals surface area (Å²) in [5.74, 6) is 0. The van der Waals surface area contributed by atoms with E-state index in [1.807, 2.05) is 0 Å². The van der Waals surface area contributed by atoms with E-state index in [1.54, 1.807) is 0 Å². The van der Waals surface area contributed by atoms with E-state index >= 15 is 0 Å². The van der Waals surface area contributed by atoms with E-state index in [9.17, 15) is 0 Å². The Morgan fingerprint density at radius 2 is 1.05 bits per heavy atom. The Morgan fingerprint density at radius 3 is 1.35 bits per heavy atom. The maximum atomic E-state index is 8.52. The molecule has 0 aromatic carbocycles. The highest BCUT2D eigenvalue weighted by molar-refractivity contribution is 4.99. The van der Waals surface area contributed by atoms with Crippen LogP contribution in [0.5, 0.6) is 0 Å². The summed E-state index contributed by atoms with van der Waals surface area (Å²) in [6.07, 6.45) is 8.33. The van der Waals surface area contributed by atoms with Gasteiger partial charge >= 0.3 is 0 Å². The van der Waals surface area contributed by atoms with Crippen LogP contribution in [0.1, 0.15) is 51.4 Å². The lowest BCUT2D eigenvalue weighted by atomic mass is 9.54. The van der Waals surface area contributed by atoms with Crippen LogP contribution in [0.15, 0.2) is 0 Å². The van der Waals surface area contributed by atoms with E-state index in [4.69, 9.17) is 20.0 Å². The molecule has 20 heavy (non-hydrogen) atoms. The molecule has 3 rings (SSSR count). The lowest BCUT2D eigenvalue weighted by Crippen LogP contribution is -2.46. The van der Waals surface area contributed by atoms with Gasteiger partial charge in [0, 0.05) is 0 Å². The molecule has 2 bridgehead atoms. The predicted molar refractivity (Wildman–Crippen MR) is 74.7 cm³/mol. The molecule has 4 heteroatoms. The third-order valence-corrected chi connectivity index (χ3v) is 5.09. The van der Waals surface area contributed by atoms with Gasteiger partial charge in [0.25, 0.3) is 0 Å². The summed E-state index contributed by atoms with van der Waals surface area (Å²) in [7, 11) is 0. The Balaban J connectivity index is 1.73. The molecule has 0 unspecified atom stereocenters. The van der Waals surface area contributed by atoms with Crippen molar-refractivity contribution < 1.29 is 9.47 Å². The average molecular weight is 276 g/mol. The third-order valence-electron chi connectivity index (χ3n) is 5.09. The van der Waals surface area contributed by atoms with Gasteiger partial charge in [-0.1, -0.05) is 0 Å². The van der Waals surface area contributed by atoms with Crippen LogP contribution >= 0.6 is 0 Å². The zero-order chi connectivity index (χ0) is 14.3. The highest BCUT2D eigenvalue weighted by Crippen LogP contribution is 2.56. The van der Waals surface area contributed by atoms with Crippen LogP contribution in [0.3, 0.4) is 0 Å². The van der Waals surface area contributed by atoms with Gasteiger partial charge in [-0.25, -0.2) is 0 Å². The minimum absolute atomic E-state index is 0.365. The van der Waals surface area contributed by atoms with Crippen molar-refractivity contribution in [2.75, 3.05) is 26.4 Å². The SMILES string of the molecule is N#CCCOCC12CCC(COCCC#N)(CC1)CC2. The van der Waals surface area contributed by atoms with E-state index in [-0.39, 0.29) is 0 Å². The van der Waals surface area contributed by atoms with Gasteiger partial charge < -0.3 is 9.47 Å². The van der Waals surface area contributed by atoms with Crippen LogP contribution in [0.25, 0.3) is 0 Å². The van der Waals surface area contributed by atoms with Gasteiger partial charge in [-0.3, -0.25) is 0 Å². The van der Waals surface area contributed by atoms with Crippen molar-refractivity contribution in [1.82, 2.24) is 0 Å². The van der Waals surface area contributed by atoms with Gasteiger partial charge in [0.1, 0.15) is 0 Å². The fraction of sp³-hybridized carbons (Fsp3) is 0.875. The number of hydrogen-bond acceptors (Lipinski definition) is 4. The second kappa shape index (κ2) is 7.07. The van der Waals surface area contributed by atoms with Crippen LogP contribution in [0.2, 0.25) is 0 Å². The minimum Gasteiger partial charge on any atom is -0.380 e. The predicted octanol–water partition coefficient (Wildman–Crippen LogP) is 3.19. The summed E-state index contributed by atoms with van der Waals surface area (Å²) >= 11 is 0. The van der Waals surface area contributed by atoms with Crippen molar-refractivity contribution in [2.24, 2.45) is 10.8 Å². The van der Waals surface area contributed by atoms with Crippen LogP contribution in [-0.4, -0.2) is 26.4 Å². The molecule has 3 saturated carbocycles. The summed E-state index contributed by atoms with van der Waals surface area (Å²) < 4.78 is 11.4. The van der Waals surface area contributed by atoms with Gasteiger partial charge in [0.05, 0.1) is 51.4 Å². The van der Waals surface area contributed by atoms with Gasteiger partial charge in [0.2, 0.25) is 0 Å². The summed E-state index contributed by atoms with van der Waals surface area (Å²) in [5.41, 5.74) is 0.730. The Labute approximate surface area is 121 Å². The minimum atomic E-state index is 0.365. The molecule has 3 aliphatic carbocycles. The molecule has 3 fully saturated rings. The first-order valence-electron chi connectivity index (χ1n) is 7.64. The fourth-order valence-electron chi connectivity index (χ4n) is 3.59. The number of nitriles is 2. The van der Waals surface area contributed by atoms with E-state index in [0.717, 1.165) is 13.2 Å². The first kappa shape index (κ1) is 15.3. The van der Waals surface area contributed by atoms with Gasteiger partial charge in [-0.05, 0) is 49.4 Å². The van der Waals surface area contributed by atoms with Gasteiger partial charge in [-0.15, -0.1) is 0 Å². The van der Waals surface area contributed by atoms with E-state index in [2.05, 4.69) is 12.1 Å². The number of nitrogens with zero attached hydrogens (tertiary/aromatic N) is 2. The average Bonchev–Trinajstić information content (AvgIpc) is 2.50. The molecule has 0 aromatic rings. The Morgan fingerprint density at radius 1 is 0.700 bits per heavy atom. The monoisotopic (exact) mass is 276 g/mol. The van der Waals surface area contributed by atoms with Crippen molar-refractivity contribution >= 4 is 0 Å². The molecule has 4 nitrogen and oxygen atoms in total. The van der Waals surface area contributed by atoms with Crippen molar-refractivity contribution in [1.29, 1.82) is 10.5 Å². The van der Waals surface area contributed by atoms with Crippen LogP contribution in [0.4, 0.5) is 0 Å². The van der Waals surface area contributed by atoms with Crippen molar-refractivity contribution in [3.05, 3.63) is 0 Å². The normalized spacial score (nSPS) is 31.7. The summed E-state index contributed by atoms with van der Waals surface area (Å²) in [6.45, 7) is 2.78. The van der Waals surface area contributed by atoms with Gasteiger partial charge in [-0.2, -0.15) is 10.5 Å². The summed E-state index contributed by atoms with van der Waals surface area (Å²) in [6, 6.07) is 4.24. The smallest absolute Gasteiger partial charge is 0.0645 e. The topological polar surface area (TPSA) is 66.0 Å². The molecule has 0 atom stereocenters. The second-order valence-corrected chi connectivity index (χ2v) is 6.42.